The lowest BCUT2D eigenvalue weighted by molar-refractivity contribution is 0.231. The van der Waals surface area contributed by atoms with Crippen molar-refractivity contribution in [2.24, 2.45) is 11.8 Å². The molecule has 2 heteroatoms. The van der Waals surface area contributed by atoms with E-state index in [0.29, 0.717) is 5.92 Å². The van der Waals surface area contributed by atoms with Gasteiger partial charge in [-0.15, -0.1) is 0 Å². The zero-order valence-corrected chi connectivity index (χ0v) is 8.83. The molecule has 14 heavy (non-hydrogen) atoms. The van der Waals surface area contributed by atoms with Gasteiger partial charge in [0.25, 0.3) is 0 Å². The van der Waals surface area contributed by atoms with Crippen LogP contribution < -0.4 is 0 Å². The average molecular weight is 188 g/mol. The minimum Gasteiger partial charge on any atom is -0.301 e. The molecular formula is C12H16N2. The largest absolute Gasteiger partial charge is 0.301 e. The molecule has 2 rings (SSSR count). The number of hydrogen-bond acceptors (Lipinski definition) is 2. The standard InChI is InChI=1S/C12H16N2/c1-9-4-3-5-11-10(6-13)7-14(2)8-12(9)11/h3-4,10-11H,5,7-8H2,1-2H3. The van der Waals surface area contributed by atoms with Gasteiger partial charge in [-0.25, -0.2) is 0 Å². The summed E-state index contributed by atoms with van der Waals surface area (Å²) in [5, 5.41) is 9.11. The Hall–Kier alpha value is -1.07. The molecule has 0 bridgehead atoms. The molecule has 1 fully saturated rings. The molecule has 1 aliphatic carbocycles. The number of allylic oxidation sites excluding steroid dienone is 3. The number of likely N-dealkylation sites (tertiary alicyclic amines) is 1. The molecule has 0 spiro atoms. The van der Waals surface area contributed by atoms with E-state index in [2.05, 4.69) is 37.1 Å². The maximum atomic E-state index is 9.11. The summed E-state index contributed by atoms with van der Waals surface area (Å²) in [6.07, 6.45) is 5.46. The molecular weight excluding hydrogens is 172 g/mol. The fraction of sp³-hybridized carbons (Fsp3) is 0.583. The molecule has 1 saturated heterocycles. The van der Waals surface area contributed by atoms with Crippen LogP contribution in [0, 0.1) is 23.2 Å². The number of piperidine rings is 1. The topological polar surface area (TPSA) is 27.0 Å². The Kier molecular flexibility index (Phi) is 2.43. The molecule has 2 unspecified atom stereocenters. The van der Waals surface area contributed by atoms with E-state index in [9.17, 15) is 0 Å². The van der Waals surface area contributed by atoms with Gasteiger partial charge in [0, 0.05) is 19.0 Å². The molecule has 0 N–H and O–H groups in total. The number of hydrogen-bond donors (Lipinski definition) is 0. The first-order chi connectivity index (χ1) is 6.72. The molecule has 0 aromatic carbocycles. The van der Waals surface area contributed by atoms with Crippen LogP contribution in [0.4, 0.5) is 0 Å². The lowest BCUT2D eigenvalue weighted by atomic mass is 9.76. The first-order valence-corrected chi connectivity index (χ1v) is 5.16. The smallest absolute Gasteiger partial charge is 0.0675 e. The first-order valence-electron chi connectivity index (χ1n) is 5.16. The summed E-state index contributed by atoms with van der Waals surface area (Å²) in [6.45, 7) is 4.12. The highest BCUT2D eigenvalue weighted by molar-refractivity contribution is 5.33. The second kappa shape index (κ2) is 3.59. The van der Waals surface area contributed by atoms with E-state index < -0.39 is 0 Å². The second-order valence-corrected chi connectivity index (χ2v) is 4.39. The number of likely N-dealkylation sites (N-methyl/N-ethyl adjacent to an activating group) is 1. The van der Waals surface area contributed by atoms with Crippen LogP contribution in [0.2, 0.25) is 0 Å². The molecule has 0 aromatic heterocycles. The van der Waals surface area contributed by atoms with Crippen molar-refractivity contribution in [2.45, 2.75) is 13.3 Å². The van der Waals surface area contributed by atoms with Gasteiger partial charge in [-0.3, -0.25) is 0 Å². The molecule has 1 heterocycles. The lowest BCUT2D eigenvalue weighted by Gasteiger charge is -2.37. The van der Waals surface area contributed by atoms with E-state index in [4.69, 9.17) is 5.26 Å². The van der Waals surface area contributed by atoms with Crippen LogP contribution in [-0.4, -0.2) is 25.0 Å². The van der Waals surface area contributed by atoms with E-state index in [-0.39, 0.29) is 5.92 Å². The summed E-state index contributed by atoms with van der Waals surface area (Å²) in [7, 11) is 2.10. The molecule has 2 nitrogen and oxygen atoms in total. The number of nitrogens with zero attached hydrogens (tertiary/aromatic N) is 2. The molecule has 2 atom stereocenters. The predicted octanol–water partition coefficient (Wildman–Crippen LogP) is 1.96. The van der Waals surface area contributed by atoms with Crippen LogP contribution >= 0.6 is 0 Å². The third-order valence-corrected chi connectivity index (χ3v) is 3.31. The quantitative estimate of drug-likeness (QED) is 0.581. The third-order valence-electron chi connectivity index (χ3n) is 3.31. The van der Waals surface area contributed by atoms with Gasteiger partial charge in [0.15, 0.2) is 0 Å². The third kappa shape index (κ3) is 1.49. The SMILES string of the molecule is CC1=C2CN(C)CC(C#N)C2CC=C1. The van der Waals surface area contributed by atoms with Crippen molar-refractivity contribution in [1.29, 1.82) is 5.26 Å². The van der Waals surface area contributed by atoms with Gasteiger partial charge in [0.05, 0.1) is 12.0 Å². The van der Waals surface area contributed by atoms with Crippen molar-refractivity contribution in [3.05, 3.63) is 23.3 Å². The minimum atomic E-state index is 0.184. The number of rotatable bonds is 0. The monoisotopic (exact) mass is 188 g/mol. The maximum Gasteiger partial charge on any atom is 0.0675 e. The van der Waals surface area contributed by atoms with E-state index in [1.54, 1.807) is 0 Å². The van der Waals surface area contributed by atoms with E-state index in [1.165, 1.54) is 11.1 Å². The highest BCUT2D eigenvalue weighted by atomic mass is 15.1. The second-order valence-electron chi connectivity index (χ2n) is 4.39. The fourth-order valence-corrected chi connectivity index (χ4v) is 2.53. The van der Waals surface area contributed by atoms with E-state index in [0.717, 1.165) is 19.5 Å². The Balaban J connectivity index is 2.32. The molecule has 74 valence electrons. The average Bonchev–Trinajstić information content (AvgIpc) is 2.18. The van der Waals surface area contributed by atoms with Gasteiger partial charge in [-0.05, 0) is 26.0 Å². The Morgan fingerprint density at radius 3 is 3.07 bits per heavy atom. The highest BCUT2D eigenvalue weighted by Crippen LogP contribution is 2.35. The van der Waals surface area contributed by atoms with Gasteiger partial charge >= 0.3 is 0 Å². The van der Waals surface area contributed by atoms with Gasteiger partial charge in [0.1, 0.15) is 0 Å². The molecule has 2 aliphatic rings. The molecule has 0 saturated carbocycles. The Morgan fingerprint density at radius 1 is 1.57 bits per heavy atom. The van der Waals surface area contributed by atoms with Crippen molar-refractivity contribution in [3.63, 3.8) is 0 Å². The summed E-state index contributed by atoms with van der Waals surface area (Å²) >= 11 is 0. The summed E-state index contributed by atoms with van der Waals surface area (Å²) in [5.41, 5.74) is 2.85. The normalized spacial score (nSPS) is 32.6. The van der Waals surface area contributed by atoms with Crippen LogP contribution in [0.1, 0.15) is 13.3 Å². The molecule has 0 amide bonds. The molecule has 0 aromatic rings. The van der Waals surface area contributed by atoms with E-state index in [1.807, 2.05) is 0 Å². The Morgan fingerprint density at radius 2 is 2.36 bits per heavy atom. The van der Waals surface area contributed by atoms with Crippen LogP contribution in [-0.2, 0) is 0 Å². The van der Waals surface area contributed by atoms with E-state index >= 15 is 0 Å². The van der Waals surface area contributed by atoms with Crippen LogP contribution in [0.25, 0.3) is 0 Å². The van der Waals surface area contributed by atoms with Crippen molar-refractivity contribution < 1.29 is 0 Å². The van der Waals surface area contributed by atoms with Crippen LogP contribution in [0.3, 0.4) is 0 Å². The van der Waals surface area contributed by atoms with Crippen molar-refractivity contribution >= 4 is 0 Å². The van der Waals surface area contributed by atoms with Gasteiger partial charge in [0.2, 0.25) is 0 Å². The van der Waals surface area contributed by atoms with Gasteiger partial charge in [-0.1, -0.05) is 17.7 Å². The summed E-state index contributed by atoms with van der Waals surface area (Å²) in [5.74, 6) is 0.671. The summed E-state index contributed by atoms with van der Waals surface area (Å²) in [4.78, 5) is 2.25. The molecule has 0 radical (unpaired) electrons. The Bertz CT molecular complexity index is 333. The van der Waals surface area contributed by atoms with Gasteiger partial charge < -0.3 is 4.90 Å². The van der Waals surface area contributed by atoms with Crippen LogP contribution in [0.15, 0.2) is 23.3 Å². The summed E-state index contributed by atoms with van der Waals surface area (Å²) in [6, 6.07) is 2.44. The highest BCUT2D eigenvalue weighted by Gasteiger charge is 2.32. The zero-order chi connectivity index (χ0) is 10.1. The number of nitriles is 1. The van der Waals surface area contributed by atoms with Crippen LogP contribution in [0.5, 0.6) is 0 Å². The van der Waals surface area contributed by atoms with Crippen molar-refractivity contribution in [3.8, 4) is 6.07 Å². The van der Waals surface area contributed by atoms with Crippen molar-refractivity contribution in [1.82, 2.24) is 4.90 Å². The van der Waals surface area contributed by atoms with Gasteiger partial charge in [-0.2, -0.15) is 5.26 Å². The lowest BCUT2D eigenvalue weighted by Crippen LogP contribution is -2.40. The predicted molar refractivity (Wildman–Crippen MR) is 56.5 cm³/mol. The Labute approximate surface area is 85.5 Å². The number of fused-ring (bicyclic) bond motifs is 1. The fourth-order valence-electron chi connectivity index (χ4n) is 2.53. The minimum absolute atomic E-state index is 0.184. The summed E-state index contributed by atoms with van der Waals surface area (Å²) < 4.78 is 0. The first kappa shape index (κ1) is 9.48. The maximum absolute atomic E-state index is 9.11. The zero-order valence-electron chi connectivity index (χ0n) is 8.83. The molecule has 1 aliphatic heterocycles. The van der Waals surface area contributed by atoms with Crippen molar-refractivity contribution in [2.75, 3.05) is 20.1 Å².